The third-order valence-electron chi connectivity index (χ3n) is 3.11. The smallest absolute Gasteiger partial charge is 0.356 e. The minimum Gasteiger partial charge on any atom is -0.464 e. The van der Waals surface area contributed by atoms with Gasteiger partial charge in [-0.3, -0.25) is 10.1 Å². The van der Waals surface area contributed by atoms with Gasteiger partial charge in [-0.2, -0.15) is 0 Å². The second-order valence-corrected chi connectivity index (χ2v) is 4.60. The predicted molar refractivity (Wildman–Crippen MR) is 69.5 cm³/mol. The number of aliphatic hydroxyl groups is 1. The van der Waals surface area contributed by atoms with E-state index in [0.717, 1.165) is 12.8 Å². The van der Waals surface area contributed by atoms with Gasteiger partial charge in [0, 0.05) is 12.6 Å². The lowest BCUT2D eigenvalue weighted by Crippen LogP contribution is -2.22. The van der Waals surface area contributed by atoms with Gasteiger partial charge in [0.05, 0.1) is 18.1 Å². The van der Waals surface area contributed by atoms with Crippen molar-refractivity contribution in [1.82, 2.24) is 4.98 Å². The molecule has 108 valence electrons. The average molecular weight is 281 g/mol. The molecule has 1 aliphatic rings. The van der Waals surface area contributed by atoms with Crippen LogP contribution in [0.15, 0.2) is 12.1 Å². The fourth-order valence-electron chi connectivity index (χ4n) is 1.80. The summed E-state index contributed by atoms with van der Waals surface area (Å²) in [4.78, 5) is 25.6. The molecule has 20 heavy (non-hydrogen) atoms. The van der Waals surface area contributed by atoms with Crippen LogP contribution in [0.3, 0.4) is 0 Å². The van der Waals surface area contributed by atoms with Crippen LogP contribution in [0.25, 0.3) is 0 Å². The molecule has 0 aliphatic heterocycles. The molecule has 0 bridgehead atoms. The van der Waals surface area contributed by atoms with Gasteiger partial charge in [-0.05, 0) is 24.8 Å². The highest BCUT2D eigenvalue weighted by Crippen LogP contribution is 2.33. The quantitative estimate of drug-likeness (QED) is 0.453. The molecule has 0 saturated heterocycles. The first-order chi connectivity index (χ1) is 9.52. The molecule has 2 N–H and O–H groups in total. The molecule has 8 nitrogen and oxygen atoms in total. The Morgan fingerprint density at radius 2 is 2.35 bits per heavy atom. The Labute approximate surface area is 114 Å². The van der Waals surface area contributed by atoms with Crippen molar-refractivity contribution in [2.24, 2.45) is 5.92 Å². The van der Waals surface area contributed by atoms with E-state index >= 15 is 0 Å². The lowest BCUT2D eigenvalue weighted by Gasteiger charge is -2.11. The minimum atomic E-state index is -0.675. The topological polar surface area (TPSA) is 115 Å². The van der Waals surface area contributed by atoms with Crippen LogP contribution >= 0.6 is 0 Å². The molecule has 1 aromatic heterocycles. The first kappa shape index (κ1) is 14.2. The summed E-state index contributed by atoms with van der Waals surface area (Å²) in [6.45, 7) is 0.156. The van der Waals surface area contributed by atoms with E-state index in [0.29, 0.717) is 0 Å². The summed E-state index contributed by atoms with van der Waals surface area (Å²) in [6.07, 6.45) is 1.35. The maximum atomic E-state index is 11.4. The molecule has 1 saturated carbocycles. The Balaban J connectivity index is 2.17. The number of nitro groups is 1. The number of carbonyl (C=O) groups is 1. The number of esters is 1. The third-order valence-corrected chi connectivity index (χ3v) is 3.11. The van der Waals surface area contributed by atoms with Gasteiger partial charge in [0.25, 0.3) is 0 Å². The highest BCUT2D eigenvalue weighted by molar-refractivity contribution is 5.88. The molecule has 1 fully saturated rings. The number of anilines is 1. The lowest BCUT2D eigenvalue weighted by atomic mass is 10.2. The van der Waals surface area contributed by atoms with E-state index < -0.39 is 17.0 Å². The van der Waals surface area contributed by atoms with E-state index in [9.17, 15) is 20.0 Å². The molecule has 8 heteroatoms. The van der Waals surface area contributed by atoms with Gasteiger partial charge < -0.3 is 15.2 Å². The van der Waals surface area contributed by atoms with Gasteiger partial charge in [-0.15, -0.1) is 0 Å². The van der Waals surface area contributed by atoms with Crippen molar-refractivity contribution in [1.29, 1.82) is 0 Å². The summed E-state index contributed by atoms with van der Waals surface area (Å²) in [5, 5.41) is 23.4. The van der Waals surface area contributed by atoms with Gasteiger partial charge in [-0.1, -0.05) is 0 Å². The SMILES string of the molecule is COC(=O)c1ccc([N+](=O)[O-])c(NCC(O)C2CC2)n1. The lowest BCUT2D eigenvalue weighted by molar-refractivity contribution is -0.384. The second kappa shape index (κ2) is 5.83. The Morgan fingerprint density at radius 3 is 2.90 bits per heavy atom. The van der Waals surface area contributed by atoms with E-state index in [1.165, 1.54) is 19.2 Å². The molecule has 1 heterocycles. The Kier molecular flexibility index (Phi) is 4.14. The van der Waals surface area contributed by atoms with Crippen molar-refractivity contribution in [3.8, 4) is 0 Å². The van der Waals surface area contributed by atoms with Gasteiger partial charge in [0.2, 0.25) is 5.82 Å². The molecule has 0 spiro atoms. The van der Waals surface area contributed by atoms with Gasteiger partial charge in [-0.25, -0.2) is 9.78 Å². The molecular weight excluding hydrogens is 266 g/mol. The number of aliphatic hydroxyl groups excluding tert-OH is 1. The van der Waals surface area contributed by atoms with Crippen molar-refractivity contribution in [2.75, 3.05) is 19.0 Å². The van der Waals surface area contributed by atoms with Crippen LogP contribution in [0.5, 0.6) is 0 Å². The largest absolute Gasteiger partial charge is 0.464 e. The molecule has 1 aromatic rings. The second-order valence-electron chi connectivity index (χ2n) is 4.60. The number of nitrogens with one attached hydrogen (secondary N) is 1. The van der Waals surface area contributed by atoms with Crippen molar-refractivity contribution < 1.29 is 19.6 Å². The van der Waals surface area contributed by atoms with Gasteiger partial charge in [0.15, 0.2) is 5.69 Å². The fraction of sp³-hybridized carbons (Fsp3) is 0.500. The van der Waals surface area contributed by atoms with E-state index in [4.69, 9.17) is 0 Å². The summed E-state index contributed by atoms with van der Waals surface area (Å²) < 4.78 is 4.52. The fourth-order valence-corrected chi connectivity index (χ4v) is 1.80. The number of pyridine rings is 1. The maximum Gasteiger partial charge on any atom is 0.356 e. The Hall–Kier alpha value is -2.22. The molecule has 1 aliphatic carbocycles. The summed E-state index contributed by atoms with van der Waals surface area (Å²) in [5.74, 6) is -0.478. The molecule has 0 amide bonds. The standard InChI is InChI=1S/C12H15N3O5/c1-20-12(17)8-4-5-9(15(18)19)11(14-8)13-6-10(16)7-2-3-7/h4-5,7,10,16H,2-3,6H2,1H3,(H,13,14). The van der Waals surface area contributed by atoms with E-state index in [-0.39, 0.29) is 29.7 Å². The Morgan fingerprint density at radius 1 is 1.65 bits per heavy atom. The number of ether oxygens (including phenoxy) is 1. The molecular formula is C12H15N3O5. The molecule has 1 unspecified atom stereocenters. The monoisotopic (exact) mass is 281 g/mol. The zero-order valence-electron chi connectivity index (χ0n) is 10.9. The normalized spacial score (nSPS) is 15.5. The Bertz CT molecular complexity index is 530. The zero-order valence-corrected chi connectivity index (χ0v) is 10.9. The summed E-state index contributed by atoms with van der Waals surface area (Å²) in [6, 6.07) is 2.41. The van der Waals surface area contributed by atoms with Crippen LogP contribution < -0.4 is 5.32 Å². The number of hydrogen-bond donors (Lipinski definition) is 2. The number of aromatic nitrogens is 1. The predicted octanol–water partition coefficient (Wildman–Crippen LogP) is 0.959. The highest BCUT2D eigenvalue weighted by Gasteiger charge is 2.30. The molecule has 1 atom stereocenters. The van der Waals surface area contributed by atoms with E-state index in [2.05, 4.69) is 15.0 Å². The number of nitrogens with zero attached hydrogens (tertiary/aromatic N) is 2. The van der Waals surface area contributed by atoms with E-state index in [1.54, 1.807) is 0 Å². The van der Waals surface area contributed by atoms with Crippen LogP contribution in [-0.4, -0.2) is 40.7 Å². The van der Waals surface area contributed by atoms with Crippen molar-refractivity contribution in [2.45, 2.75) is 18.9 Å². The average Bonchev–Trinajstić information content (AvgIpc) is 3.27. The number of rotatable bonds is 6. The number of carbonyl (C=O) groups excluding carboxylic acids is 1. The summed E-state index contributed by atoms with van der Waals surface area (Å²) in [7, 11) is 1.20. The van der Waals surface area contributed by atoms with Crippen LogP contribution in [0.1, 0.15) is 23.3 Å². The maximum absolute atomic E-state index is 11.4. The van der Waals surface area contributed by atoms with Crippen LogP contribution in [-0.2, 0) is 4.74 Å². The highest BCUT2D eigenvalue weighted by atomic mass is 16.6. The molecule has 0 aromatic carbocycles. The number of methoxy groups -OCH3 is 1. The third kappa shape index (κ3) is 3.21. The summed E-state index contributed by atoms with van der Waals surface area (Å²) in [5.41, 5.74) is -0.276. The van der Waals surface area contributed by atoms with Crippen LogP contribution in [0.2, 0.25) is 0 Å². The number of hydrogen-bond acceptors (Lipinski definition) is 7. The first-order valence-electron chi connectivity index (χ1n) is 6.18. The van der Waals surface area contributed by atoms with Crippen molar-refractivity contribution in [3.05, 3.63) is 27.9 Å². The van der Waals surface area contributed by atoms with Crippen molar-refractivity contribution >= 4 is 17.5 Å². The molecule has 2 rings (SSSR count). The summed E-state index contributed by atoms with van der Waals surface area (Å²) >= 11 is 0. The first-order valence-corrected chi connectivity index (χ1v) is 6.18. The molecule has 0 radical (unpaired) electrons. The zero-order chi connectivity index (χ0) is 14.7. The van der Waals surface area contributed by atoms with Gasteiger partial charge >= 0.3 is 11.7 Å². The van der Waals surface area contributed by atoms with Crippen LogP contribution in [0, 0.1) is 16.0 Å². The minimum absolute atomic E-state index is 0.0264. The van der Waals surface area contributed by atoms with Crippen LogP contribution in [0.4, 0.5) is 11.5 Å². The van der Waals surface area contributed by atoms with Crippen molar-refractivity contribution in [3.63, 3.8) is 0 Å². The van der Waals surface area contributed by atoms with Gasteiger partial charge in [0.1, 0.15) is 0 Å². The van der Waals surface area contributed by atoms with E-state index in [1.807, 2.05) is 0 Å².